The molecule has 5 nitrogen and oxygen atoms in total. The van der Waals surface area contributed by atoms with Gasteiger partial charge in [0.15, 0.2) is 0 Å². The third-order valence-electron chi connectivity index (χ3n) is 8.42. The van der Waals surface area contributed by atoms with Crippen LogP contribution in [0.4, 0.5) is 11.5 Å². The van der Waals surface area contributed by atoms with Crippen LogP contribution in [0.1, 0.15) is 58.3 Å². The highest BCUT2D eigenvalue weighted by molar-refractivity contribution is 7.13. The number of hydrogen-bond acceptors (Lipinski definition) is 5. The van der Waals surface area contributed by atoms with E-state index in [1.54, 1.807) is 11.5 Å². The summed E-state index contributed by atoms with van der Waals surface area (Å²) >= 11 is 1.62. The Labute approximate surface area is 226 Å². The van der Waals surface area contributed by atoms with Gasteiger partial charge in [0, 0.05) is 50.2 Å². The lowest BCUT2D eigenvalue weighted by Gasteiger charge is -2.36. The average Bonchev–Trinajstić information content (AvgIpc) is 3.38. The summed E-state index contributed by atoms with van der Waals surface area (Å²) in [6.45, 7) is 8.62. The molecule has 1 aliphatic heterocycles. The van der Waals surface area contributed by atoms with Crippen LogP contribution in [0.2, 0.25) is 0 Å². The third kappa shape index (κ3) is 6.71. The van der Waals surface area contributed by atoms with Crippen LogP contribution in [-0.4, -0.2) is 54.4 Å². The molecule has 2 heterocycles. The van der Waals surface area contributed by atoms with Crippen LogP contribution < -0.4 is 9.80 Å². The Bertz CT molecular complexity index is 1120. The summed E-state index contributed by atoms with van der Waals surface area (Å²) < 4.78 is 6.04. The smallest absolute Gasteiger partial charge is 0.227 e. The van der Waals surface area contributed by atoms with Crippen molar-refractivity contribution in [1.29, 1.82) is 0 Å². The highest BCUT2D eigenvalue weighted by Crippen LogP contribution is 2.34. The average molecular weight is 519 g/mol. The molecule has 5 rings (SSSR count). The van der Waals surface area contributed by atoms with Crippen LogP contribution in [0, 0.1) is 11.8 Å². The fourth-order valence-corrected chi connectivity index (χ4v) is 6.85. The Balaban J connectivity index is 1.03. The lowest BCUT2D eigenvalue weighted by atomic mass is 9.79. The number of anilines is 2. The van der Waals surface area contributed by atoms with E-state index in [0.717, 1.165) is 57.2 Å². The first-order valence-corrected chi connectivity index (χ1v) is 15.2. The van der Waals surface area contributed by atoms with Crippen LogP contribution >= 0.6 is 11.5 Å². The largest absolute Gasteiger partial charge is 0.353 e. The Morgan fingerprint density at radius 2 is 1.65 bits per heavy atom. The van der Waals surface area contributed by atoms with Gasteiger partial charge in [0.2, 0.25) is 5.91 Å². The van der Waals surface area contributed by atoms with Crippen LogP contribution in [-0.2, 0) is 4.79 Å². The SMILES string of the molecule is CCCCN(C(=O)CC1CCC(CCN2CCN(c3nsc4ccccc34)CC2)CC1)c1ccccc1. The monoisotopic (exact) mass is 518 g/mol. The summed E-state index contributed by atoms with van der Waals surface area (Å²) in [5.41, 5.74) is 1.05. The van der Waals surface area contributed by atoms with Gasteiger partial charge in [-0.3, -0.25) is 9.69 Å². The molecular formula is C31H42N4OS. The Hall–Kier alpha value is -2.44. The van der Waals surface area contributed by atoms with Crippen molar-refractivity contribution in [3.05, 3.63) is 54.6 Å². The zero-order valence-electron chi connectivity index (χ0n) is 22.4. The van der Waals surface area contributed by atoms with Crippen LogP contribution in [0.25, 0.3) is 10.1 Å². The molecule has 0 spiro atoms. The van der Waals surface area contributed by atoms with Crippen molar-refractivity contribution < 1.29 is 4.79 Å². The summed E-state index contributed by atoms with van der Waals surface area (Å²) in [6.07, 6.45) is 9.15. The summed E-state index contributed by atoms with van der Waals surface area (Å²) in [5.74, 6) is 2.85. The Morgan fingerprint density at radius 3 is 2.41 bits per heavy atom. The van der Waals surface area contributed by atoms with Crippen molar-refractivity contribution in [2.75, 3.05) is 49.1 Å². The molecule has 3 aromatic rings. The minimum atomic E-state index is 0.314. The van der Waals surface area contributed by atoms with Gasteiger partial charge in [-0.1, -0.05) is 56.5 Å². The van der Waals surface area contributed by atoms with Crippen molar-refractivity contribution in [1.82, 2.24) is 9.27 Å². The molecule has 0 unspecified atom stereocenters. The minimum absolute atomic E-state index is 0.314. The predicted octanol–water partition coefficient (Wildman–Crippen LogP) is 6.84. The molecule has 0 radical (unpaired) electrons. The van der Waals surface area contributed by atoms with Gasteiger partial charge < -0.3 is 9.80 Å². The van der Waals surface area contributed by atoms with Crippen molar-refractivity contribution in [3.8, 4) is 0 Å². The highest BCUT2D eigenvalue weighted by atomic mass is 32.1. The molecule has 2 fully saturated rings. The molecule has 1 aromatic heterocycles. The predicted molar refractivity (Wildman–Crippen MR) is 157 cm³/mol. The van der Waals surface area contributed by atoms with Gasteiger partial charge in [-0.2, -0.15) is 4.37 Å². The maximum Gasteiger partial charge on any atom is 0.227 e. The highest BCUT2D eigenvalue weighted by Gasteiger charge is 2.27. The van der Waals surface area contributed by atoms with E-state index >= 15 is 0 Å². The number of para-hydroxylation sites is 1. The van der Waals surface area contributed by atoms with Crippen molar-refractivity contribution in [3.63, 3.8) is 0 Å². The lowest BCUT2D eigenvalue weighted by molar-refractivity contribution is -0.119. The van der Waals surface area contributed by atoms with E-state index in [9.17, 15) is 4.79 Å². The van der Waals surface area contributed by atoms with E-state index in [0.29, 0.717) is 18.2 Å². The molecule has 0 bridgehead atoms. The number of amides is 1. The first-order valence-electron chi connectivity index (χ1n) is 14.4. The van der Waals surface area contributed by atoms with Gasteiger partial charge in [-0.25, -0.2) is 0 Å². The maximum atomic E-state index is 13.2. The van der Waals surface area contributed by atoms with Crippen LogP contribution in [0.3, 0.4) is 0 Å². The topological polar surface area (TPSA) is 39.7 Å². The van der Waals surface area contributed by atoms with Gasteiger partial charge in [0.1, 0.15) is 5.82 Å². The third-order valence-corrected chi connectivity index (χ3v) is 9.23. The quantitative estimate of drug-likeness (QED) is 0.295. The number of carbonyl (C=O) groups excluding carboxylic acids is 1. The van der Waals surface area contributed by atoms with E-state index in [1.807, 2.05) is 23.1 Å². The van der Waals surface area contributed by atoms with E-state index < -0.39 is 0 Å². The zero-order valence-corrected chi connectivity index (χ0v) is 23.2. The second kappa shape index (κ2) is 12.9. The second-order valence-corrected chi connectivity index (χ2v) is 11.8. The number of carbonyl (C=O) groups is 1. The van der Waals surface area contributed by atoms with Crippen LogP contribution in [0.15, 0.2) is 54.6 Å². The molecule has 1 amide bonds. The van der Waals surface area contributed by atoms with E-state index in [-0.39, 0.29) is 0 Å². The Kier molecular flexibility index (Phi) is 9.11. The zero-order chi connectivity index (χ0) is 25.5. The van der Waals surface area contributed by atoms with Gasteiger partial charge >= 0.3 is 0 Å². The van der Waals surface area contributed by atoms with E-state index in [4.69, 9.17) is 4.37 Å². The molecule has 37 heavy (non-hydrogen) atoms. The number of unbranched alkanes of at least 4 members (excludes halogenated alkanes) is 1. The number of benzene rings is 2. The normalized spacial score (nSPS) is 20.8. The van der Waals surface area contributed by atoms with Crippen LogP contribution in [0.5, 0.6) is 0 Å². The fraction of sp³-hybridized carbons (Fsp3) is 0.548. The summed E-state index contributed by atoms with van der Waals surface area (Å²) in [6, 6.07) is 18.8. The number of rotatable bonds is 10. The lowest BCUT2D eigenvalue weighted by Crippen LogP contribution is -2.47. The maximum absolute atomic E-state index is 13.2. The molecule has 1 saturated carbocycles. The second-order valence-electron chi connectivity index (χ2n) is 10.9. The first-order chi connectivity index (χ1) is 18.2. The molecule has 2 aromatic carbocycles. The van der Waals surface area contributed by atoms with Gasteiger partial charge in [-0.15, -0.1) is 0 Å². The van der Waals surface area contributed by atoms with Gasteiger partial charge in [0.25, 0.3) is 0 Å². The molecule has 198 valence electrons. The summed E-state index contributed by atoms with van der Waals surface area (Å²) in [7, 11) is 0. The molecule has 2 aliphatic rings. The fourth-order valence-electron chi connectivity index (χ4n) is 6.05. The van der Waals surface area contributed by atoms with Crippen molar-refractivity contribution in [2.45, 2.75) is 58.3 Å². The number of piperazine rings is 1. The summed E-state index contributed by atoms with van der Waals surface area (Å²) in [5, 5.41) is 1.30. The first kappa shape index (κ1) is 26.2. The molecule has 0 N–H and O–H groups in total. The van der Waals surface area contributed by atoms with Gasteiger partial charge in [0.05, 0.1) is 4.70 Å². The Morgan fingerprint density at radius 1 is 0.946 bits per heavy atom. The number of fused-ring (bicyclic) bond motifs is 1. The summed E-state index contributed by atoms with van der Waals surface area (Å²) in [4.78, 5) is 20.4. The van der Waals surface area contributed by atoms with Gasteiger partial charge in [-0.05, 0) is 79.9 Å². The standard InChI is InChI=1S/C31H42N4OS/c1-2-3-18-35(27-9-5-4-6-10-27)30(36)24-26-15-13-25(14-16-26)17-19-33-20-22-34(23-21-33)31-28-11-7-8-12-29(28)37-32-31/h4-12,25-26H,2-3,13-24H2,1H3. The van der Waals surface area contributed by atoms with E-state index in [2.05, 4.69) is 53.1 Å². The van der Waals surface area contributed by atoms with Crippen molar-refractivity contribution >= 4 is 39.0 Å². The molecule has 0 atom stereocenters. The number of nitrogens with zero attached hydrogens (tertiary/aromatic N) is 4. The number of aromatic nitrogens is 1. The molecule has 6 heteroatoms. The molecule has 1 saturated heterocycles. The van der Waals surface area contributed by atoms with E-state index in [1.165, 1.54) is 54.6 Å². The number of hydrogen-bond donors (Lipinski definition) is 0. The molecular weight excluding hydrogens is 476 g/mol. The van der Waals surface area contributed by atoms with Crippen molar-refractivity contribution in [2.24, 2.45) is 11.8 Å². The molecule has 1 aliphatic carbocycles. The minimum Gasteiger partial charge on any atom is -0.353 e.